The number of nitrogens with two attached hydrogens (primary N) is 1. The predicted octanol–water partition coefficient (Wildman–Crippen LogP) is 2.47. The molecular weight excluding hydrogens is 224 g/mol. The Hall–Kier alpha value is -1.35. The van der Waals surface area contributed by atoms with Gasteiger partial charge in [-0.2, -0.15) is 0 Å². The average Bonchev–Trinajstić information content (AvgIpc) is 2.28. The van der Waals surface area contributed by atoms with E-state index in [0.29, 0.717) is 19.4 Å². The summed E-state index contributed by atoms with van der Waals surface area (Å²) in [6, 6.07) is 8.14. The average molecular weight is 248 g/mol. The molecular formula is C15H24N2O. The van der Waals surface area contributed by atoms with Gasteiger partial charge in [0.1, 0.15) is 0 Å². The molecule has 0 saturated carbocycles. The van der Waals surface area contributed by atoms with Gasteiger partial charge in [-0.05, 0) is 38.3 Å². The highest BCUT2D eigenvalue weighted by molar-refractivity contribution is 5.76. The minimum absolute atomic E-state index is 0.150. The van der Waals surface area contributed by atoms with Crippen molar-refractivity contribution in [3.05, 3.63) is 35.4 Å². The Bertz CT molecular complexity index is 407. The van der Waals surface area contributed by atoms with E-state index < -0.39 is 0 Å². The zero-order valence-corrected chi connectivity index (χ0v) is 11.9. The molecule has 0 heterocycles. The topological polar surface area (TPSA) is 46.3 Å². The lowest BCUT2D eigenvalue weighted by Crippen LogP contribution is -2.35. The molecule has 0 aliphatic rings. The first-order valence-corrected chi connectivity index (χ1v) is 6.37. The van der Waals surface area contributed by atoms with Gasteiger partial charge in [-0.3, -0.25) is 4.79 Å². The first kappa shape index (κ1) is 14.7. The number of aryl methyl sites for hydroxylation is 1. The normalized spacial score (nSPS) is 11.4. The fraction of sp³-hybridized carbons (Fsp3) is 0.533. The summed E-state index contributed by atoms with van der Waals surface area (Å²) >= 11 is 0. The van der Waals surface area contributed by atoms with Crippen LogP contribution in [0, 0.1) is 6.92 Å². The summed E-state index contributed by atoms with van der Waals surface area (Å²) in [4.78, 5) is 13.7. The number of hydrogen-bond acceptors (Lipinski definition) is 2. The molecule has 0 bridgehead atoms. The summed E-state index contributed by atoms with van der Waals surface area (Å²) in [6.45, 7) is 6.62. The highest BCUT2D eigenvalue weighted by Gasteiger charge is 2.16. The van der Waals surface area contributed by atoms with Crippen molar-refractivity contribution < 1.29 is 4.79 Å². The van der Waals surface area contributed by atoms with Crippen molar-refractivity contribution in [3.8, 4) is 0 Å². The predicted molar refractivity (Wildman–Crippen MR) is 75.2 cm³/mol. The van der Waals surface area contributed by atoms with Gasteiger partial charge >= 0.3 is 0 Å². The summed E-state index contributed by atoms with van der Waals surface area (Å²) in [7, 11) is 1.85. The van der Waals surface area contributed by atoms with Crippen LogP contribution >= 0.6 is 0 Å². The molecule has 1 amide bonds. The smallest absolute Gasteiger partial charge is 0.222 e. The molecule has 3 nitrogen and oxygen atoms in total. The second-order valence-corrected chi connectivity index (χ2v) is 5.66. The van der Waals surface area contributed by atoms with Crippen molar-refractivity contribution in [2.75, 3.05) is 7.05 Å². The minimum atomic E-state index is -0.279. The molecule has 0 unspecified atom stereocenters. The molecule has 0 aliphatic heterocycles. The maximum Gasteiger partial charge on any atom is 0.222 e. The van der Waals surface area contributed by atoms with Crippen LogP contribution in [0.3, 0.4) is 0 Å². The van der Waals surface area contributed by atoms with E-state index in [4.69, 9.17) is 5.73 Å². The van der Waals surface area contributed by atoms with E-state index in [1.54, 1.807) is 4.90 Å². The quantitative estimate of drug-likeness (QED) is 0.870. The number of carbonyl (C=O) groups is 1. The monoisotopic (exact) mass is 248 g/mol. The third-order valence-corrected chi connectivity index (χ3v) is 3.08. The fourth-order valence-electron chi connectivity index (χ4n) is 1.75. The molecule has 1 rings (SSSR count). The molecule has 2 N–H and O–H groups in total. The number of rotatable bonds is 5. The van der Waals surface area contributed by atoms with Crippen molar-refractivity contribution >= 4 is 5.91 Å². The Kier molecular flexibility index (Phi) is 4.91. The van der Waals surface area contributed by atoms with E-state index in [-0.39, 0.29) is 11.4 Å². The molecule has 18 heavy (non-hydrogen) atoms. The highest BCUT2D eigenvalue weighted by Crippen LogP contribution is 2.12. The molecule has 0 saturated heterocycles. The van der Waals surface area contributed by atoms with Crippen LogP contribution in [0.15, 0.2) is 24.3 Å². The molecule has 100 valence electrons. The molecule has 0 fully saturated rings. The lowest BCUT2D eigenvalue weighted by molar-refractivity contribution is -0.130. The maximum atomic E-state index is 12.0. The van der Waals surface area contributed by atoms with Crippen LogP contribution in [-0.2, 0) is 11.3 Å². The lowest BCUT2D eigenvalue weighted by Gasteiger charge is -2.22. The van der Waals surface area contributed by atoms with Crippen molar-refractivity contribution in [3.63, 3.8) is 0 Å². The van der Waals surface area contributed by atoms with E-state index in [1.807, 2.05) is 33.0 Å². The van der Waals surface area contributed by atoms with Gasteiger partial charge in [0.15, 0.2) is 0 Å². The van der Waals surface area contributed by atoms with Gasteiger partial charge in [-0.25, -0.2) is 0 Å². The highest BCUT2D eigenvalue weighted by atomic mass is 16.2. The SMILES string of the molecule is Cc1ccccc1CN(C)C(=O)CCC(C)(C)N. The van der Waals surface area contributed by atoms with E-state index >= 15 is 0 Å². The Balaban J connectivity index is 2.53. The molecule has 0 aromatic heterocycles. The van der Waals surface area contributed by atoms with E-state index in [0.717, 1.165) is 0 Å². The zero-order chi connectivity index (χ0) is 13.8. The first-order chi connectivity index (χ1) is 8.29. The summed E-state index contributed by atoms with van der Waals surface area (Å²) in [5.41, 5.74) is 8.02. The zero-order valence-electron chi connectivity index (χ0n) is 11.9. The largest absolute Gasteiger partial charge is 0.341 e. The van der Waals surface area contributed by atoms with E-state index in [9.17, 15) is 4.79 Å². The van der Waals surface area contributed by atoms with Gasteiger partial charge < -0.3 is 10.6 Å². The Morgan fingerprint density at radius 1 is 1.33 bits per heavy atom. The van der Waals surface area contributed by atoms with Crippen LogP contribution < -0.4 is 5.73 Å². The van der Waals surface area contributed by atoms with Crippen LogP contribution in [0.2, 0.25) is 0 Å². The molecule has 1 aromatic carbocycles. The Morgan fingerprint density at radius 3 is 2.50 bits per heavy atom. The third kappa shape index (κ3) is 4.88. The van der Waals surface area contributed by atoms with Crippen LogP contribution in [0.1, 0.15) is 37.8 Å². The molecule has 0 aliphatic carbocycles. The fourth-order valence-corrected chi connectivity index (χ4v) is 1.75. The maximum absolute atomic E-state index is 12.0. The van der Waals surface area contributed by atoms with Crippen LogP contribution in [-0.4, -0.2) is 23.4 Å². The van der Waals surface area contributed by atoms with Crippen LogP contribution in [0.4, 0.5) is 0 Å². The van der Waals surface area contributed by atoms with Gasteiger partial charge in [-0.15, -0.1) is 0 Å². The standard InChI is InChI=1S/C15H24N2O/c1-12-7-5-6-8-13(12)11-17(4)14(18)9-10-15(2,3)16/h5-8H,9-11,16H2,1-4H3. The summed E-state index contributed by atoms with van der Waals surface area (Å²) in [5.74, 6) is 0.150. The number of hydrogen-bond donors (Lipinski definition) is 1. The van der Waals surface area contributed by atoms with Crippen molar-refractivity contribution in [1.29, 1.82) is 0 Å². The number of amides is 1. The Labute approximate surface area is 110 Å². The number of carbonyl (C=O) groups excluding carboxylic acids is 1. The number of nitrogens with zero attached hydrogens (tertiary/aromatic N) is 1. The molecule has 0 spiro atoms. The van der Waals surface area contributed by atoms with E-state index in [1.165, 1.54) is 11.1 Å². The lowest BCUT2D eigenvalue weighted by atomic mass is 9.99. The third-order valence-electron chi connectivity index (χ3n) is 3.08. The summed E-state index contributed by atoms with van der Waals surface area (Å²) in [5, 5.41) is 0. The summed E-state index contributed by atoms with van der Waals surface area (Å²) < 4.78 is 0. The molecule has 3 heteroatoms. The van der Waals surface area contributed by atoms with Crippen LogP contribution in [0.5, 0.6) is 0 Å². The second-order valence-electron chi connectivity index (χ2n) is 5.66. The summed E-state index contributed by atoms with van der Waals surface area (Å²) in [6.07, 6.45) is 1.22. The van der Waals surface area contributed by atoms with E-state index in [2.05, 4.69) is 19.1 Å². The molecule has 0 radical (unpaired) electrons. The molecule has 0 atom stereocenters. The van der Waals surface area contributed by atoms with Crippen molar-refractivity contribution in [1.82, 2.24) is 4.90 Å². The first-order valence-electron chi connectivity index (χ1n) is 6.37. The second kappa shape index (κ2) is 6.01. The van der Waals surface area contributed by atoms with Gasteiger partial charge in [0.05, 0.1) is 0 Å². The van der Waals surface area contributed by atoms with Gasteiger partial charge in [0.25, 0.3) is 0 Å². The van der Waals surface area contributed by atoms with Crippen molar-refractivity contribution in [2.45, 2.75) is 45.7 Å². The Morgan fingerprint density at radius 2 is 1.94 bits per heavy atom. The minimum Gasteiger partial charge on any atom is -0.341 e. The van der Waals surface area contributed by atoms with Crippen LogP contribution in [0.25, 0.3) is 0 Å². The molecule has 1 aromatic rings. The van der Waals surface area contributed by atoms with Crippen molar-refractivity contribution in [2.24, 2.45) is 5.73 Å². The van der Waals surface area contributed by atoms with Gasteiger partial charge in [0.2, 0.25) is 5.91 Å². The van der Waals surface area contributed by atoms with Gasteiger partial charge in [-0.1, -0.05) is 24.3 Å². The van der Waals surface area contributed by atoms with Gasteiger partial charge in [0, 0.05) is 25.6 Å². The number of benzene rings is 1.